The van der Waals surface area contributed by atoms with Crippen molar-refractivity contribution in [3.05, 3.63) is 32.7 Å². The molecule has 1 N–H and O–H groups in total. The van der Waals surface area contributed by atoms with Crippen LogP contribution in [0.5, 0.6) is 0 Å². The first kappa shape index (κ1) is 17.2. The second kappa shape index (κ2) is 9.15. The molecular formula is C16H25Br2N. The minimum absolute atomic E-state index is 0.457. The third-order valence-corrected chi connectivity index (χ3v) is 4.57. The molecule has 0 fully saturated rings. The lowest BCUT2D eigenvalue weighted by atomic mass is 9.91. The van der Waals surface area contributed by atoms with E-state index in [1.54, 1.807) is 0 Å². The van der Waals surface area contributed by atoms with Crippen LogP contribution in [0.15, 0.2) is 27.1 Å². The molecule has 1 atom stereocenters. The second-order valence-corrected chi connectivity index (χ2v) is 6.96. The number of benzene rings is 1. The quantitative estimate of drug-likeness (QED) is 0.567. The summed E-state index contributed by atoms with van der Waals surface area (Å²) in [6.07, 6.45) is 4.91. The first-order chi connectivity index (χ1) is 9.10. The molecule has 0 radical (unpaired) electrons. The molecule has 1 nitrogen and oxygen atoms in total. The fourth-order valence-electron chi connectivity index (χ4n) is 2.39. The number of nitrogens with one attached hydrogen (secondary N) is 1. The van der Waals surface area contributed by atoms with Crippen molar-refractivity contribution in [2.75, 3.05) is 6.54 Å². The first-order valence-electron chi connectivity index (χ1n) is 7.30. The van der Waals surface area contributed by atoms with Crippen LogP contribution in [0, 0.1) is 5.92 Å². The van der Waals surface area contributed by atoms with Gasteiger partial charge in [-0.1, -0.05) is 65.5 Å². The Hall–Kier alpha value is 0.140. The molecule has 0 amide bonds. The van der Waals surface area contributed by atoms with E-state index in [2.05, 4.69) is 76.1 Å². The van der Waals surface area contributed by atoms with Gasteiger partial charge in [0.2, 0.25) is 0 Å². The number of halogens is 2. The Morgan fingerprint density at radius 1 is 1.00 bits per heavy atom. The summed E-state index contributed by atoms with van der Waals surface area (Å²) >= 11 is 7.18. The summed E-state index contributed by atoms with van der Waals surface area (Å²) in [6, 6.07) is 7.02. The molecule has 1 rings (SSSR count). The summed E-state index contributed by atoms with van der Waals surface area (Å²) < 4.78 is 2.29. The van der Waals surface area contributed by atoms with Crippen molar-refractivity contribution in [1.29, 1.82) is 0 Å². The summed E-state index contributed by atoms with van der Waals surface area (Å²) in [5, 5.41) is 3.70. The van der Waals surface area contributed by atoms with Crippen molar-refractivity contribution in [3.8, 4) is 0 Å². The maximum absolute atomic E-state index is 3.70. The van der Waals surface area contributed by atoms with Gasteiger partial charge >= 0.3 is 0 Å². The van der Waals surface area contributed by atoms with Gasteiger partial charge in [-0.25, -0.2) is 0 Å². The van der Waals surface area contributed by atoms with Gasteiger partial charge in [-0.3, -0.25) is 0 Å². The van der Waals surface area contributed by atoms with Crippen LogP contribution in [0.1, 0.15) is 58.1 Å². The Bertz CT molecular complexity index is 355. The van der Waals surface area contributed by atoms with Crippen molar-refractivity contribution in [3.63, 3.8) is 0 Å². The summed E-state index contributed by atoms with van der Waals surface area (Å²) in [4.78, 5) is 0. The molecule has 0 spiro atoms. The number of hydrogen-bond donors (Lipinski definition) is 1. The summed E-state index contributed by atoms with van der Waals surface area (Å²) in [7, 11) is 0. The molecule has 0 aliphatic carbocycles. The van der Waals surface area contributed by atoms with Crippen LogP contribution in [-0.4, -0.2) is 6.54 Å². The molecule has 1 aromatic carbocycles. The van der Waals surface area contributed by atoms with Gasteiger partial charge in [-0.2, -0.15) is 0 Å². The molecule has 0 aliphatic heterocycles. The van der Waals surface area contributed by atoms with E-state index in [0.717, 1.165) is 21.4 Å². The van der Waals surface area contributed by atoms with Crippen molar-refractivity contribution in [2.45, 2.75) is 52.5 Å². The lowest BCUT2D eigenvalue weighted by Gasteiger charge is -2.24. The van der Waals surface area contributed by atoms with Crippen LogP contribution in [0.4, 0.5) is 0 Å². The van der Waals surface area contributed by atoms with E-state index in [4.69, 9.17) is 0 Å². The van der Waals surface area contributed by atoms with Gasteiger partial charge in [-0.05, 0) is 49.1 Å². The minimum Gasteiger partial charge on any atom is -0.310 e. The van der Waals surface area contributed by atoms with Crippen LogP contribution in [0.25, 0.3) is 0 Å². The zero-order chi connectivity index (χ0) is 14.3. The van der Waals surface area contributed by atoms with Gasteiger partial charge in [0.25, 0.3) is 0 Å². The maximum atomic E-state index is 3.70. The first-order valence-corrected chi connectivity index (χ1v) is 8.88. The molecule has 0 aliphatic rings. The predicted molar refractivity (Wildman–Crippen MR) is 91.6 cm³/mol. The Labute approximate surface area is 134 Å². The highest BCUT2D eigenvalue weighted by atomic mass is 79.9. The Kier molecular flexibility index (Phi) is 8.27. The third kappa shape index (κ3) is 5.97. The van der Waals surface area contributed by atoms with Crippen LogP contribution in [0.2, 0.25) is 0 Å². The molecule has 19 heavy (non-hydrogen) atoms. The average molecular weight is 391 g/mol. The molecule has 0 saturated heterocycles. The van der Waals surface area contributed by atoms with Gasteiger partial charge in [0.15, 0.2) is 0 Å². The van der Waals surface area contributed by atoms with E-state index in [9.17, 15) is 0 Å². The highest BCUT2D eigenvalue weighted by Crippen LogP contribution is 2.29. The number of hydrogen-bond acceptors (Lipinski definition) is 1. The summed E-state index contributed by atoms with van der Waals surface area (Å²) in [5.41, 5.74) is 1.38. The van der Waals surface area contributed by atoms with Gasteiger partial charge in [0.05, 0.1) is 0 Å². The predicted octanol–water partition coefficient (Wildman–Crippen LogP) is 6.08. The van der Waals surface area contributed by atoms with Crippen LogP contribution < -0.4 is 5.32 Å². The maximum Gasteiger partial charge on any atom is 0.0323 e. The van der Waals surface area contributed by atoms with E-state index < -0.39 is 0 Å². The van der Waals surface area contributed by atoms with E-state index in [1.807, 2.05) is 0 Å². The summed E-state index contributed by atoms with van der Waals surface area (Å²) in [6.45, 7) is 7.89. The molecule has 0 saturated carbocycles. The smallest absolute Gasteiger partial charge is 0.0323 e. The molecule has 0 heterocycles. The monoisotopic (exact) mass is 389 g/mol. The Morgan fingerprint density at radius 2 is 1.58 bits per heavy atom. The minimum atomic E-state index is 0.457. The molecular weight excluding hydrogens is 366 g/mol. The topological polar surface area (TPSA) is 12.0 Å². The lowest BCUT2D eigenvalue weighted by molar-refractivity contribution is 0.371. The van der Waals surface area contributed by atoms with Crippen LogP contribution in [0.3, 0.4) is 0 Å². The normalized spacial score (nSPS) is 12.9. The fourth-order valence-corrected chi connectivity index (χ4v) is 3.72. The van der Waals surface area contributed by atoms with Crippen molar-refractivity contribution >= 4 is 31.9 Å². The fraction of sp³-hybridized carbons (Fsp3) is 0.625. The number of rotatable bonds is 8. The van der Waals surface area contributed by atoms with E-state index in [0.29, 0.717) is 6.04 Å². The molecule has 0 bridgehead atoms. The Morgan fingerprint density at radius 3 is 2.05 bits per heavy atom. The van der Waals surface area contributed by atoms with Crippen LogP contribution >= 0.6 is 31.9 Å². The zero-order valence-corrected chi connectivity index (χ0v) is 15.4. The second-order valence-electron chi connectivity index (χ2n) is 5.13. The van der Waals surface area contributed by atoms with Crippen molar-refractivity contribution in [2.24, 2.45) is 5.92 Å². The molecule has 1 aromatic rings. The molecule has 1 unspecified atom stereocenters. The highest BCUT2D eigenvalue weighted by molar-refractivity contribution is 9.11. The summed E-state index contributed by atoms with van der Waals surface area (Å²) in [5.74, 6) is 0.798. The van der Waals surface area contributed by atoms with Gasteiger partial charge in [-0.15, -0.1) is 0 Å². The highest BCUT2D eigenvalue weighted by Gasteiger charge is 2.16. The van der Waals surface area contributed by atoms with Gasteiger partial charge < -0.3 is 5.32 Å². The largest absolute Gasteiger partial charge is 0.310 e. The molecule has 108 valence electrons. The van der Waals surface area contributed by atoms with E-state index in [1.165, 1.54) is 31.2 Å². The standard InChI is InChI=1S/C16H25Br2N/c1-4-7-19-16(8-12(5-2)6-3)13-9-14(17)11-15(18)10-13/h9-12,16,19H,4-8H2,1-3H3. The van der Waals surface area contributed by atoms with Crippen molar-refractivity contribution in [1.82, 2.24) is 5.32 Å². The molecule has 3 heteroatoms. The SMILES string of the molecule is CCCNC(CC(CC)CC)c1cc(Br)cc(Br)c1. The van der Waals surface area contributed by atoms with Crippen molar-refractivity contribution < 1.29 is 0 Å². The van der Waals surface area contributed by atoms with E-state index >= 15 is 0 Å². The van der Waals surface area contributed by atoms with Gasteiger partial charge in [0, 0.05) is 15.0 Å². The third-order valence-electron chi connectivity index (χ3n) is 3.65. The molecule has 0 aromatic heterocycles. The Balaban J connectivity index is 2.87. The van der Waals surface area contributed by atoms with E-state index in [-0.39, 0.29) is 0 Å². The van der Waals surface area contributed by atoms with Gasteiger partial charge in [0.1, 0.15) is 0 Å². The average Bonchev–Trinajstić information content (AvgIpc) is 2.38. The lowest BCUT2D eigenvalue weighted by Crippen LogP contribution is -2.24. The van der Waals surface area contributed by atoms with Crippen LogP contribution in [-0.2, 0) is 0 Å². The zero-order valence-electron chi connectivity index (χ0n) is 12.2.